The summed E-state index contributed by atoms with van der Waals surface area (Å²) in [6.45, 7) is 4.42. The van der Waals surface area contributed by atoms with Crippen molar-refractivity contribution in [1.82, 2.24) is 0 Å². The summed E-state index contributed by atoms with van der Waals surface area (Å²) in [6.07, 6.45) is 11.4. The Labute approximate surface area is 207 Å². The number of rotatable bonds is 14. The van der Waals surface area contributed by atoms with Crippen molar-refractivity contribution in [2.75, 3.05) is 0 Å². The van der Waals surface area contributed by atoms with Crippen molar-refractivity contribution in [2.45, 2.75) is 78.1 Å². The second-order valence-corrected chi connectivity index (χ2v) is 11.5. The molecule has 4 nitrogen and oxygen atoms in total. The van der Waals surface area contributed by atoms with Crippen LogP contribution < -0.4 is 0 Å². The fourth-order valence-electron chi connectivity index (χ4n) is 4.03. The summed E-state index contributed by atoms with van der Waals surface area (Å²) in [4.78, 5) is 28.0. The molecular formula is C26H32O4S3. The normalized spacial score (nSPS) is 11.2. The van der Waals surface area contributed by atoms with Gasteiger partial charge in [-0.1, -0.05) is 52.4 Å². The van der Waals surface area contributed by atoms with Crippen molar-refractivity contribution < 1.29 is 19.8 Å². The van der Waals surface area contributed by atoms with Gasteiger partial charge in [-0.05, 0) is 61.1 Å². The van der Waals surface area contributed by atoms with Gasteiger partial charge in [0.05, 0.1) is 0 Å². The maximum absolute atomic E-state index is 11.5. The van der Waals surface area contributed by atoms with Crippen LogP contribution in [0.3, 0.4) is 0 Å². The smallest absolute Gasteiger partial charge is 0.345 e. The number of hydrogen-bond acceptors (Lipinski definition) is 5. The van der Waals surface area contributed by atoms with Crippen LogP contribution in [-0.4, -0.2) is 22.2 Å². The van der Waals surface area contributed by atoms with Crippen LogP contribution in [0, 0.1) is 0 Å². The molecule has 0 radical (unpaired) electrons. The first-order valence-electron chi connectivity index (χ1n) is 11.8. The highest BCUT2D eigenvalue weighted by Gasteiger charge is 2.23. The number of thiophene rings is 3. The zero-order valence-electron chi connectivity index (χ0n) is 19.3. The molecule has 0 saturated heterocycles. The molecule has 0 amide bonds. The van der Waals surface area contributed by atoms with Crippen LogP contribution in [0.15, 0.2) is 24.3 Å². The lowest BCUT2D eigenvalue weighted by molar-refractivity contribution is 0.0691. The van der Waals surface area contributed by atoms with Gasteiger partial charge in [0.1, 0.15) is 9.75 Å². The van der Waals surface area contributed by atoms with E-state index in [2.05, 4.69) is 13.8 Å². The molecule has 3 rings (SSSR count). The molecule has 0 aliphatic heterocycles. The maximum Gasteiger partial charge on any atom is 0.345 e. The number of aromatic carboxylic acids is 2. The van der Waals surface area contributed by atoms with Crippen molar-refractivity contribution in [3.8, 4) is 19.5 Å². The Morgan fingerprint density at radius 3 is 1.39 bits per heavy atom. The summed E-state index contributed by atoms with van der Waals surface area (Å²) in [5.41, 5.74) is 2.68. The zero-order chi connectivity index (χ0) is 23.8. The van der Waals surface area contributed by atoms with E-state index in [9.17, 15) is 19.8 Å². The molecule has 3 aromatic rings. The third kappa shape index (κ3) is 6.55. The number of unbranched alkanes of at least 4 members (excludes halogenated alkanes) is 6. The van der Waals surface area contributed by atoms with Gasteiger partial charge in [0.2, 0.25) is 0 Å². The van der Waals surface area contributed by atoms with Crippen molar-refractivity contribution in [1.29, 1.82) is 0 Å². The minimum absolute atomic E-state index is 0.352. The van der Waals surface area contributed by atoms with Gasteiger partial charge in [-0.3, -0.25) is 0 Å². The van der Waals surface area contributed by atoms with Crippen LogP contribution in [0.2, 0.25) is 0 Å². The topological polar surface area (TPSA) is 74.6 Å². The van der Waals surface area contributed by atoms with Crippen LogP contribution in [0.1, 0.15) is 95.7 Å². The standard InChI is InChI=1S/C26H32O4S3/c1-3-5-7-9-11-17-18(12-10-8-6-4-2)24(20-14-16-22(32-20)26(29)30)33-23(17)19-13-15-21(31-19)25(27)28/h13-16H,3-12H2,1-2H3,(H,27,28)(H,29,30). The maximum atomic E-state index is 11.5. The molecule has 3 aromatic heterocycles. The van der Waals surface area contributed by atoms with Gasteiger partial charge in [-0.25, -0.2) is 9.59 Å². The summed E-state index contributed by atoms with van der Waals surface area (Å²) in [5, 5.41) is 18.9. The van der Waals surface area contributed by atoms with Crippen molar-refractivity contribution in [3.05, 3.63) is 45.1 Å². The van der Waals surface area contributed by atoms with E-state index in [-0.39, 0.29) is 0 Å². The fourth-order valence-corrected chi connectivity index (χ4v) is 7.40. The molecule has 0 aliphatic carbocycles. The lowest BCUT2D eigenvalue weighted by atomic mass is 9.96. The molecule has 0 unspecified atom stereocenters. The average Bonchev–Trinajstić information content (AvgIpc) is 3.52. The Kier molecular flexibility index (Phi) is 9.71. The van der Waals surface area contributed by atoms with Crippen LogP contribution >= 0.6 is 34.0 Å². The van der Waals surface area contributed by atoms with Crippen LogP contribution in [0.25, 0.3) is 19.5 Å². The quantitative estimate of drug-likeness (QED) is 0.215. The van der Waals surface area contributed by atoms with Crippen molar-refractivity contribution in [2.24, 2.45) is 0 Å². The van der Waals surface area contributed by atoms with Gasteiger partial charge in [0.15, 0.2) is 0 Å². The number of carboxylic acid groups (broad SMARTS) is 2. The molecule has 2 N–H and O–H groups in total. The monoisotopic (exact) mass is 504 g/mol. The first-order valence-corrected chi connectivity index (χ1v) is 14.2. The van der Waals surface area contributed by atoms with E-state index in [4.69, 9.17) is 0 Å². The van der Waals surface area contributed by atoms with Gasteiger partial charge >= 0.3 is 11.9 Å². The predicted molar refractivity (Wildman–Crippen MR) is 141 cm³/mol. The Morgan fingerprint density at radius 1 is 0.636 bits per heavy atom. The van der Waals surface area contributed by atoms with E-state index in [0.717, 1.165) is 45.2 Å². The minimum Gasteiger partial charge on any atom is -0.477 e. The van der Waals surface area contributed by atoms with Gasteiger partial charge in [-0.15, -0.1) is 34.0 Å². The molecule has 0 atom stereocenters. The molecule has 0 bridgehead atoms. The van der Waals surface area contributed by atoms with Crippen LogP contribution in [0.4, 0.5) is 0 Å². The molecule has 0 aliphatic rings. The summed E-state index contributed by atoms with van der Waals surface area (Å²) in [7, 11) is 0. The minimum atomic E-state index is -0.892. The van der Waals surface area contributed by atoms with Crippen molar-refractivity contribution in [3.63, 3.8) is 0 Å². The highest BCUT2D eigenvalue weighted by molar-refractivity contribution is 7.27. The second-order valence-electron chi connectivity index (χ2n) is 8.28. The third-order valence-electron chi connectivity index (χ3n) is 5.76. The third-order valence-corrected chi connectivity index (χ3v) is 9.54. The van der Waals surface area contributed by atoms with Crippen molar-refractivity contribution >= 4 is 45.9 Å². The van der Waals surface area contributed by atoms with Crippen LogP contribution in [-0.2, 0) is 12.8 Å². The molecular weight excluding hydrogens is 472 g/mol. The number of carbonyl (C=O) groups is 2. The van der Waals surface area contributed by atoms with Gasteiger partial charge in [0.25, 0.3) is 0 Å². The molecule has 33 heavy (non-hydrogen) atoms. The first kappa shape index (κ1) is 25.7. The Bertz CT molecular complexity index is 991. The zero-order valence-corrected chi connectivity index (χ0v) is 21.8. The van der Waals surface area contributed by atoms with E-state index in [1.807, 2.05) is 12.1 Å². The second kappa shape index (κ2) is 12.5. The first-order chi connectivity index (χ1) is 16.0. The average molecular weight is 505 g/mol. The summed E-state index contributed by atoms with van der Waals surface area (Å²) in [6, 6.07) is 7.24. The van der Waals surface area contributed by atoms with Gasteiger partial charge in [0, 0.05) is 19.5 Å². The highest BCUT2D eigenvalue weighted by Crippen LogP contribution is 2.47. The van der Waals surface area contributed by atoms with Crippen LogP contribution in [0.5, 0.6) is 0 Å². The van der Waals surface area contributed by atoms with Gasteiger partial charge < -0.3 is 10.2 Å². The Morgan fingerprint density at radius 2 is 1.06 bits per heavy atom. The molecule has 0 spiro atoms. The molecule has 7 heteroatoms. The van der Waals surface area contributed by atoms with E-state index in [1.54, 1.807) is 23.5 Å². The summed E-state index contributed by atoms with van der Waals surface area (Å²) >= 11 is 4.37. The summed E-state index contributed by atoms with van der Waals surface area (Å²) in [5.74, 6) is -1.78. The summed E-state index contributed by atoms with van der Waals surface area (Å²) < 4.78 is 0. The Hall–Kier alpha value is -1.96. The molecule has 178 valence electrons. The SMILES string of the molecule is CCCCCCc1c(-c2ccc(C(=O)O)s2)sc(-c2ccc(C(=O)O)s2)c1CCCCCC. The predicted octanol–water partition coefficient (Wildman–Crippen LogP) is 8.85. The Balaban J connectivity index is 2.07. The molecule has 0 aromatic carbocycles. The molecule has 3 heterocycles. The highest BCUT2D eigenvalue weighted by atomic mass is 32.1. The largest absolute Gasteiger partial charge is 0.477 e. The lowest BCUT2D eigenvalue weighted by Gasteiger charge is -2.09. The van der Waals surface area contributed by atoms with Gasteiger partial charge in [-0.2, -0.15) is 0 Å². The molecule has 0 fully saturated rings. The van der Waals surface area contributed by atoms with E-state index in [1.165, 1.54) is 72.3 Å². The number of carboxylic acids is 2. The van der Waals surface area contributed by atoms with E-state index < -0.39 is 11.9 Å². The molecule has 0 saturated carbocycles. The lowest BCUT2D eigenvalue weighted by Crippen LogP contribution is -1.95. The number of hydrogen-bond donors (Lipinski definition) is 2. The van der Waals surface area contributed by atoms with E-state index in [0.29, 0.717) is 9.75 Å². The fraction of sp³-hybridized carbons (Fsp3) is 0.462. The van der Waals surface area contributed by atoms with E-state index >= 15 is 0 Å².